The summed E-state index contributed by atoms with van der Waals surface area (Å²) >= 11 is 5.74. The van der Waals surface area contributed by atoms with Gasteiger partial charge in [0.1, 0.15) is 0 Å². The van der Waals surface area contributed by atoms with Gasteiger partial charge in [0.15, 0.2) is 0 Å². The third kappa shape index (κ3) is 2.07. The number of halogens is 1. The van der Waals surface area contributed by atoms with Gasteiger partial charge in [-0.25, -0.2) is 0 Å². The molecule has 2 aromatic heterocycles. The summed E-state index contributed by atoms with van der Waals surface area (Å²) in [6.45, 7) is 0. The number of anilines is 1. The van der Waals surface area contributed by atoms with Crippen LogP contribution >= 0.6 is 11.6 Å². The third-order valence-corrected chi connectivity index (χ3v) is 2.42. The van der Waals surface area contributed by atoms with Crippen LogP contribution in [0, 0.1) is 0 Å². The van der Waals surface area contributed by atoms with Crippen LogP contribution in [0.3, 0.4) is 0 Å². The quantitative estimate of drug-likeness (QED) is 0.790. The Balaban J connectivity index is 2.49. The zero-order valence-corrected chi connectivity index (χ0v) is 8.78. The van der Waals surface area contributed by atoms with Crippen molar-refractivity contribution in [1.82, 2.24) is 9.97 Å². The highest BCUT2D eigenvalue weighted by atomic mass is 35.5. The molecule has 0 fully saturated rings. The van der Waals surface area contributed by atoms with Gasteiger partial charge in [-0.15, -0.1) is 11.6 Å². The molecule has 0 aromatic carbocycles. The van der Waals surface area contributed by atoms with Crippen molar-refractivity contribution >= 4 is 17.3 Å². The zero-order chi connectivity index (χ0) is 10.7. The molecule has 2 aromatic rings. The number of aromatic nitrogens is 2. The highest BCUT2D eigenvalue weighted by molar-refractivity contribution is 6.17. The lowest BCUT2D eigenvalue weighted by atomic mass is 10.1. The molecule has 15 heavy (non-hydrogen) atoms. The summed E-state index contributed by atoms with van der Waals surface area (Å²) in [5.41, 5.74) is 9.34. The first-order valence-corrected chi connectivity index (χ1v) is 5.04. The van der Waals surface area contributed by atoms with Gasteiger partial charge in [-0.1, -0.05) is 0 Å². The van der Waals surface area contributed by atoms with Crippen LogP contribution in [0.1, 0.15) is 5.56 Å². The molecule has 0 spiro atoms. The van der Waals surface area contributed by atoms with Crippen molar-refractivity contribution in [3.8, 4) is 11.1 Å². The Morgan fingerprint density at radius 1 is 1.20 bits per heavy atom. The maximum Gasteiger partial charge on any atom is 0.0489 e. The molecule has 2 N–H and O–H groups in total. The van der Waals surface area contributed by atoms with E-state index in [0.29, 0.717) is 11.6 Å². The van der Waals surface area contributed by atoms with Crippen molar-refractivity contribution in [2.75, 3.05) is 5.73 Å². The van der Waals surface area contributed by atoms with Crippen LogP contribution in [0.4, 0.5) is 5.69 Å². The summed E-state index contributed by atoms with van der Waals surface area (Å²) in [7, 11) is 0. The Kier molecular flexibility index (Phi) is 2.83. The molecule has 0 aliphatic heterocycles. The minimum Gasteiger partial charge on any atom is -0.398 e. The molecule has 2 heterocycles. The van der Waals surface area contributed by atoms with Crippen molar-refractivity contribution in [2.24, 2.45) is 0 Å². The molecule has 4 heteroatoms. The fraction of sp³-hybridized carbons (Fsp3) is 0.0909. The van der Waals surface area contributed by atoms with Crippen molar-refractivity contribution in [3.63, 3.8) is 0 Å². The first-order chi connectivity index (χ1) is 7.31. The number of nitrogen functional groups attached to an aromatic ring is 1. The summed E-state index contributed by atoms with van der Waals surface area (Å²) in [5, 5.41) is 0. The van der Waals surface area contributed by atoms with E-state index in [4.69, 9.17) is 17.3 Å². The Morgan fingerprint density at radius 2 is 2.07 bits per heavy atom. The lowest BCUT2D eigenvalue weighted by Crippen LogP contribution is -1.92. The van der Waals surface area contributed by atoms with Gasteiger partial charge in [0.2, 0.25) is 0 Å². The van der Waals surface area contributed by atoms with E-state index in [1.807, 2.05) is 6.07 Å². The van der Waals surface area contributed by atoms with E-state index >= 15 is 0 Å². The molecule has 0 atom stereocenters. The highest BCUT2D eigenvalue weighted by Crippen LogP contribution is 2.24. The maximum absolute atomic E-state index is 5.84. The topological polar surface area (TPSA) is 51.8 Å². The third-order valence-electron chi connectivity index (χ3n) is 2.11. The molecule has 0 aliphatic carbocycles. The first kappa shape index (κ1) is 9.93. The van der Waals surface area contributed by atoms with Crippen molar-refractivity contribution < 1.29 is 0 Å². The Bertz CT molecular complexity index is 471. The predicted molar refractivity (Wildman–Crippen MR) is 61.4 cm³/mol. The molecule has 0 bridgehead atoms. The summed E-state index contributed by atoms with van der Waals surface area (Å²) in [6, 6.07) is 3.73. The van der Waals surface area contributed by atoms with Crippen molar-refractivity contribution in [1.29, 1.82) is 0 Å². The molecule has 0 unspecified atom stereocenters. The second kappa shape index (κ2) is 4.28. The van der Waals surface area contributed by atoms with Crippen LogP contribution in [0.15, 0.2) is 36.9 Å². The first-order valence-electron chi connectivity index (χ1n) is 4.51. The number of nitrogens with zero attached hydrogens (tertiary/aromatic N) is 2. The second-order valence-corrected chi connectivity index (χ2v) is 3.45. The number of rotatable bonds is 2. The lowest BCUT2D eigenvalue weighted by Gasteiger charge is -2.05. The number of pyridine rings is 2. The van der Waals surface area contributed by atoms with Gasteiger partial charge in [-0.3, -0.25) is 9.97 Å². The van der Waals surface area contributed by atoms with E-state index in [1.54, 1.807) is 30.9 Å². The predicted octanol–water partition coefficient (Wildman–Crippen LogP) is 2.46. The van der Waals surface area contributed by atoms with Gasteiger partial charge in [0.05, 0.1) is 0 Å². The number of alkyl halides is 1. The fourth-order valence-corrected chi connectivity index (χ4v) is 1.50. The molecule has 0 saturated heterocycles. The monoisotopic (exact) mass is 219 g/mol. The summed E-state index contributed by atoms with van der Waals surface area (Å²) < 4.78 is 0. The molecule has 0 radical (unpaired) electrons. The smallest absolute Gasteiger partial charge is 0.0489 e. The minimum atomic E-state index is 0.445. The van der Waals surface area contributed by atoms with E-state index < -0.39 is 0 Å². The van der Waals surface area contributed by atoms with Gasteiger partial charge in [0.25, 0.3) is 0 Å². The molecule has 3 nitrogen and oxygen atoms in total. The van der Waals surface area contributed by atoms with Gasteiger partial charge in [-0.2, -0.15) is 0 Å². The maximum atomic E-state index is 5.84. The van der Waals surface area contributed by atoms with E-state index in [9.17, 15) is 0 Å². The standard InChI is InChI=1S/C11H10ClN3/c12-4-8-3-9(6-15-5-8)10-7-14-2-1-11(10)13/h1-3,5-7H,4H2,(H2,13,14). The summed E-state index contributed by atoms with van der Waals surface area (Å²) in [4.78, 5) is 8.14. The lowest BCUT2D eigenvalue weighted by molar-refractivity contribution is 1.24. The van der Waals surface area contributed by atoms with Gasteiger partial charge in [-0.05, 0) is 17.7 Å². The van der Waals surface area contributed by atoms with E-state index in [1.165, 1.54) is 0 Å². The Hall–Kier alpha value is -1.61. The molecular weight excluding hydrogens is 210 g/mol. The minimum absolute atomic E-state index is 0.445. The van der Waals surface area contributed by atoms with E-state index in [-0.39, 0.29) is 0 Å². The average molecular weight is 220 g/mol. The average Bonchev–Trinajstić information content (AvgIpc) is 2.30. The van der Waals surface area contributed by atoms with E-state index in [0.717, 1.165) is 16.7 Å². The van der Waals surface area contributed by atoms with Crippen LogP contribution in [-0.4, -0.2) is 9.97 Å². The van der Waals surface area contributed by atoms with Gasteiger partial charge >= 0.3 is 0 Å². The fourth-order valence-electron chi connectivity index (χ4n) is 1.35. The molecule has 0 saturated carbocycles. The summed E-state index contributed by atoms with van der Waals surface area (Å²) in [5.74, 6) is 0.445. The summed E-state index contributed by atoms with van der Waals surface area (Å²) in [6.07, 6.45) is 6.88. The van der Waals surface area contributed by atoms with Crippen LogP contribution in [-0.2, 0) is 5.88 Å². The second-order valence-electron chi connectivity index (χ2n) is 3.18. The normalized spacial score (nSPS) is 10.2. The Morgan fingerprint density at radius 3 is 2.80 bits per heavy atom. The number of hydrogen-bond acceptors (Lipinski definition) is 3. The number of nitrogens with two attached hydrogens (primary N) is 1. The van der Waals surface area contributed by atoms with Gasteiger partial charge < -0.3 is 5.73 Å². The van der Waals surface area contributed by atoms with Crippen LogP contribution in [0.25, 0.3) is 11.1 Å². The number of hydrogen-bond donors (Lipinski definition) is 1. The van der Waals surface area contributed by atoms with Crippen molar-refractivity contribution in [3.05, 3.63) is 42.5 Å². The SMILES string of the molecule is Nc1ccncc1-c1cncc(CCl)c1. The zero-order valence-electron chi connectivity index (χ0n) is 8.02. The highest BCUT2D eigenvalue weighted by Gasteiger charge is 2.03. The molecule has 2 rings (SSSR count). The van der Waals surface area contributed by atoms with E-state index in [2.05, 4.69) is 9.97 Å². The van der Waals surface area contributed by atoms with Crippen LogP contribution in [0.5, 0.6) is 0 Å². The van der Waals surface area contributed by atoms with Gasteiger partial charge in [0, 0.05) is 47.5 Å². The molecule has 76 valence electrons. The largest absolute Gasteiger partial charge is 0.398 e. The van der Waals surface area contributed by atoms with Crippen molar-refractivity contribution in [2.45, 2.75) is 5.88 Å². The molecule has 0 amide bonds. The van der Waals surface area contributed by atoms with Crippen LogP contribution in [0.2, 0.25) is 0 Å². The molecule has 0 aliphatic rings. The Labute approximate surface area is 92.9 Å². The molecular formula is C11H10ClN3. The van der Waals surface area contributed by atoms with Crippen LogP contribution < -0.4 is 5.73 Å².